The summed E-state index contributed by atoms with van der Waals surface area (Å²) in [7, 11) is 0. The predicted molar refractivity (Wildman–Crippen MR) is 86.7 cm³/mol. The van der Waals surface area contributed by atoms with Crippen molar-refractivity contribution in [2.75, 3.05) is 6.54 Å². The number of amides is 2. The Morgan fingerprint density at radius 3 is 2.71 bits per heavy atom. The molecule has 128 valence electrons. The van der Waals surface area contributed by atoms with Crippen molar-refractivity contribution >= 4 is 6.03 Å². The Balaban J connectivity index is 1.78. The van der Waals surface area contributed by atoms with Crippen molar-refractivity contribution < 1.29 is 13.7 Å². The summed E-state index contributed by atoms with van der Waals surface area (Å²) in [6.45, 7) is 6.47. The molecular formula is C17H21FN4O2. The summed E-state index contributed by atoms with van der Waals surface area (Å²) in [4.78, 5) is 18.6. The molecule has 0 spiro atoms. The molecule has 1 atom stereocenters. The maximum atomic E-state index is 13.0. The fourth-order valence-corrected chi connectivity index (χ4v) is 2.75. The Hall–Kier alpha value is -2.44. The molecule has 1 aliphatic rings. The number of nitrogens with one attached hydrogen (secondary N) is 1. The van der Waals surface area contributed by atoms with Crippen LogP contribution in [0.3, 0.4) is 0 Å². The normalized spacial score (nSPS) is 18.0. The number of carbonyl (C=O) groups excluding carboxylic acids is 1. The van der Waals surface area contributed by atoms with Crippen molar-refractivity contribution in [3.8, 4) is 11.4 Å². The van der Waals surface area contributed by atoms with Crippen LogP contribution in [-0.4, -0.2) is 33.2 Å². The molecule has 1 saturated heterocycles. The lowest BCUT2D eigenvalue weighted by atomic mass is 10.1. The average molecular weight is 332 g/mol. The Bertz CT molecular complexity index is 721. The largest absolute Gasteiger partial charge is 0.337 e. The molecule has 0 aliphatic carbocycles. The zero-order valence-electron chi connectivity index (χ0n) is 14.0. The lowest BCUT2D eigenvalue weighted by Crippen LogP contribution is -2.48. The minimum absolute atomic E-state index is 0.133. The van der Waals surface area contributed by atoms with Gasteiger partial charge in [-0.15, -0.1) is 0 Å². The molecule has 1 aliphatic heterocycles. The highest BCUT2D eigenvalue weighted by atomic mass is 19.1. The second-order valence-corrected chi connectivity index (χ2v) is 6.99. The van der Waals surface area contributed by atoms with E-state index in [1.54, 1.807) is 17.0 Å². The van der Waals surface area contributed by atoms with E-state index >= 15 is 0 Å². The van der Waals surface area contributed by atoms with Gasteiger partial charge in [-0.2, -0.15) is 4.98 Å². The van der Waals surface area contributed by atoms with Gasteiger partial charge in [0.25, 0.3) is 0 Å². The number of nitrogens with zero attached hydrogens (tertiary/aromatic N) is 3. The van der Waals surface area contributed by atoms with Crippen LogP contribution in [0, 0.1) is 5.82 Å². The van der Waals surface area contributed by atoms with Crippen molar-refractivity contribution in [1.29, 1.82) is 0 Å². The van der Waals surface area contributed by atoms with E-state index in [1.807, 2.05) is 20.8 Å². The minimum Gasteiger partial charge on any atom is -0.337 e. The molecule has 1 N–H and O–H groups in total. The SMILES string of the molecule is CC(C)(C)NC(=O)N1CCC[C@@H]1c1nc(-c2ccc(F)cc2)no1. The number of hydrogen-bond donors (Lipinski definition) is 1. The third kappa shape index (κ3) is 3.55. The highest BCUT2D eigenvalue weighted by Gasteiger charge is 2.35. The first-order valence-corrected chi connectivity index (χ1v) is 8.02. The number of halogens is 1. The molecule has 24 heavy (non-hydrogen) atoms. The van der Waals surface area contributed by atoms with Crippen molar-refractivity contribution in [3.05, 3.63) is 36.0 Å². The molecule has 6 nitrogen and oxygen atoms in total. The highest BCUT2D eigenvalue weighted by molar-refractivity contribution is 5.75. The maximum absolute atomic E-state index is 13.0. The van der Waals surface area contributed by atoms with E-state index in [-0.39, 0.29) is 23.4 Å². The molecule has 3 rings (SSSR count). The second-order valence-electron chi connectivity index (χ2n) is 6.99. The number of urea groups is 1. The van der Waals surface area contributed by atoms with Crippen LogP contribution in [0.15, 0.2) is 28.8 Å². The summed E-state index contributed by atoms with van der Waals surface area (Å²) in [6, 6.07) is 5.54. The van der Waals surface area contributed by atoms with Crippen LogP contribution in [0.1, 0.15) is 45.5 Å². The van der Waals surface area contributed by atoms with E-state index in [1.165, 1.54) is 12.1 Å². The fourth-order valence-electron chi connectivity index (χ4n) is 2.75. The summed E-state index contributed by atoms with van der Waals surface area (Å²) in [5.41, 5.74) is 0.369. The third-order valence-electron chi connectivity index (χ3n) is 3.82. The zero-order valence-corrected chi connectivity index (χ0v) is 14.0. The first-order valence-electron chi connectivity index (χ1n) is 8.02. The standard InChI is InChI=1S/C17H21FN4O2/c1-17(2,3)20-16(23)22-10-4-5-13(22)15-19-14(21-24-15)11-6-8-12(18)9-7-11/h6-9,13H,4-5,10H2,1-3H3,(H,20,23)/t13-/m1/s1. The van der Waals surface area contributed by atoms with E-state index in [9.17, 15) is 9.18 Å². The third-order valence-corrected chi connectivity index (χ3v) is 3.82. The van der Waals surface area contributed by atoms with Gasteiger partial charge in [0.15, 0.2) is 0 Å². The van der Waals surface area contributed by atoms with E-state index < -0.39 is 0 Å². The summed E-state index contributed by atoms with van der Waals surface area (Å²) in [6.07, 6.45) is 1.67. The second kappa shape index (κ2) is 6.22. The molecule has 0 saturated carbocycles. The lowest BCUT2D eigenvalue weighted by molar-refractivity contribution is 0.172. The monoisotopic (exact) mass is 332 g/mol. The van der Waals surface area contributed by atoms with Gasteiger partial charge in [-0.1, -0.05) is 5.16 Å². The molecule has 0 radical (unpaired) electrons. The molecule has 2 aromatic rings. The van der Waals surface area contributed by atoms with Gasteiger partial charge in [-0.05, 0) is 57.9 Å². The van der Waals surface area contributed by atoms with Gasteiger partial charge >= 0.3 is 6.03 Å². The molecular weight excluding hydrogens is 311 g/mol. The number of aromatic nitrogens is 2. The van der Waals surface area contributed by atoms with Crippen molar-refractivity contribution in [1.82, 2.24) is 20.4 Å². The van der Waals surface area contributed by atoms with Crippen LogP contribution >= 0.6 is 0 Å². The molecule has 2 heterocycles. The number of carbonyl (C=O) groups is 1. The summed E-state index contributed by atoms with van der Waals surface area (Å²) in [5, 5.41) is 6.92. The molecule has 1 aromatic heterocycles. The maximum Gasteiger partial charge on any atom is 0.318 e. The predicted octanol–water partition coefficient (Wildman–Crippen LogP) is 3.52. The van der Waals surface area contributed by atoms with Crippen LogP contribution in [0.5, 0.6) is 0 Å². The zero-order chi connectivity index (χ0) is 17.3. The number of rotatable bonds is 2. The van der Waals surface area contributed by atoms with Crippen molar-refractivity contribution in [2.45, 2.75) is 45.2 Å². The smallest absolute Gasteiger partial charge is 0.318 e. The topological polar surface area (TPSA) is 71.3 Å². The Morgan fingerprint density at radius 2 is 2.04 bits per heavy atom. The summed E-state index contributed by atoms with van der Waals surface area (Å²) in [5.74, 6) is 0.493. The van der Waals surface area contributed by atoms with Crippen LogP contribution in [0.25, 0.3) is 11.4 Å². The van der Waals surface area contributed by atoms with E-state index in [0.29, 0.717) is 23.8 Å². The van der Waals surface area contributed by atoms with Gasteiger partial charge in [-0.25, -0.2) is 9.18 Å². The first-order chi connectivity index (χ1) is 11.3. The Morgan fingerprint density at radius 1 is 1.33 bits per heavy atom. The first kappa shape index (κ1) is 16.4. The molecule has 1 aromatic carbocycles. The number of likely N-dealkylation sites (tertiary alicyclic amines) is 1. The summed E-state index contributed by atoms with van der Waals surface area (Å²) >= 11 is 0. The molecule has 0 unspecified atom stereocenters. The minimum atomic E-state index is -0.316. The Kier molecular flexibility index (Phi) is 4.26. The average Bonchev–Trinajstić information content (AvgIpc) is 3.15. The Labute approximate surface area is 140 Å². The quantitative estimate of drug-likeness (QED) is 0.913. The van der Waals surface area contributed by atoms with E-state index in [2.05, 4.69) is 15.5 Å². The number of benzene rings is 1. The van der Waals surface area contributed by atoms with Crippen LogP contribution in [0.4, 0.5) is 9.18 Å². The van der Waals surface area contributed by atoms with E-state index in [0.717, 1.165) is 12.8 Å². The number of hydrogen-bond acceptors (Lipinski definition) is 4. The molecule has 2 amide bonds. The summed E-state index contributed by atoms with van der Waals surface area (Å²) < 4.78 is 18.4. The molecule has 0 bridgehead atoms. The van der Waals surface area contributed by atoms with Crippen molar-refractivity contribution in [2.24, 2.45) is 0 Å². The van der Waals surface area contributed by atoms with Crippen LogP contribution in [0.2, 0.25) is 0 Å². The fraction of sp³-hybridized carbons (Fsp3) is 0.471. The molecule has 1 fully saturated rings. The van der Waals surface area contributed by atoms with Gasteiger partial charge in [-0.3, -0.25) is 0 Å². The van der Waals surface area contributed by atoms with Gasteiger partial charge in [0, 0.05) is 17.6 Å². The molecule has 7 heteroatoms. The highest BCUT2D eigenvalue weighted by Crippen LogP contribution is 2.32. The van der Waals surface area contributed by atoms with Crippen molar-refractivity contribution in [3.63, 3.8) is 0 Å². The van der Waals surface area contributed by atoms with Crippen LogP contribution < -0.4 is 5.32 Å². The van der Waals surface area contributed by atoms with Gasteiger partial charge in [0.2, 0.25) is 11.7 Å². The van der Waals surface area contributed by atoms with Gasteiger partial charge < -0.3 is 14.7 Å². The van der Waals surface area contributed by atoms with E-state index in [4.69, 9.17) is 4.52 Å². The van der Waals surface area contributed by atoms with Gasteiger partial charge in [0.05, 0.1) is 0 Å². The van der Waals surface area contributed by atoms with Gasteiger partial charge in [0.1, 0.15) is 11.9 Å². The lowest BCUT2D eigenvalue weighted by Gasteiger charge is -2.28. The van der Waals surface area contributed by atoms with Crippen LogP contribution in [-0.2, 0) is 0 Å².